The Labute approximate surface area is 70.8 Å². The summed E-state index contributed by atoms with van der Waals surface area (Å²) in [7, 11) is 0. The van der Waals surface area contributed by atoms with Crippen LogP contribution in [0.4, 0.5) is 15.8 Å². The van der Waals surface area contributed by atoms with Gasteiger partial charge in [0.25, 0.3) is 0 Å². The van der Waals surface area contributed by atoms with Gasteiger partial charge in [-0.25, -0.2) is 4.39 Å². The van der Waals surface area contributed by atoms with Crippen molar-refractivity contribution >= 4 is 11.4 Å². The molecule has 64 valence electrons. The fourth-order valence-corrected chi connectivity index (χ4v) is 1.39. The number of nitrogens with one attached hydrogen (secondary N) is 2. The molecule has 2 nitrogen and oxygen atoms in total. The van der Waals surface area contributed by atoms with Gasteiger partial charge in [-0.3, -0.25) is 0 Å². The predicted molar refractivity (Wildman–Crippen MR) is 48.1 cm³/mol. The number of hydrogen-bond acceptors (Lipinski definition) is 2. The number of anilines is 2. The van der Waals surface area contributed by atoms with Crippen molar-refractivity contribution in [1.82, 2.24) is 0 Å². The van der Waals surface area contributed by atoms with E-state index in [-0.39, 0.29) is 0 Å². The number of hydrogen-bond donors (Lipinski definition) is 2. The third-order valence-electron chi connectivity index (χ3n) is 2.02. The minimum atomic E-state index is -0.621. The molecular formula is C9H11FN2. The predicted octanol–water partition coefficient (Wildman–Crippen LogP) is 2.21. The molecule has 0 radical (unpaired) electrons. The second kappa shape index (κ2) is 2.37. The summed E-state index contributed by atoms with van der Waals surface area (Å²) in [4.78, 5) is 0. The van der Waals surface area contributed by atoms with Gasteiger partial charge in [0.1, 0.15) is 12.3 Å². The normalized spacial score (nSPS) is 17.8. The first-order valence-corrected chi connectivity index (χ1v) is 3.95. The smallest absolute Gasteiger partial charge is 0.134 e. The lowest BCUT2D eigenvalue weighted by atomic mass is 10.2. The summed E-state index contributed by atoms with van der Waals surface area (Å²) in [5, 5.41) is 6.15. The molecule has 1 aromatic carbocycles. The SMILES string of the molecule is CC1(CF)Nc2ccccc2N1. The van der Waals surface area contributed by atoms with Crippen molar-refractivity contribution in [2.75, 3.05) is 17.3 Å². The first kappa shape index (κ1) is 7.40. The van der Waals surface area contributed by atoms with Crippen LogP contribution in [0, 0.1) is 0 Å². The van der Waals surface area contributed by atoms with Gasteiger partial charge in [0.2, 0.25) is 0 Å². The summed E-state index contributed by atoms with van der Waals surface area (Å²) >= 11 is 0. The maximum atomic E-state index is 12.5. The van der Waals surface area contributed by atoms with Crippen molar-refractivity contribution in [3.8, 4) is 0 Å². The van der Waals surface area contributed by atoms with Gasteiger partial charge in [-0.15, -0.1) is 0 Å². The number of fused-ring (bicyclic) bond motifs is 1. The van der Waals surface area contributed by atoms with E-state index in [0.717, 1.165) is 11.4 Å². The van der Waals surface area contributed by atoms with Gasteiger partial charge < -0.3 is 10.6 Å². The third-order valence-corrected chi connectivity index (χ3v) is 2.02. The fourth-order valence-electron chi connectivity index (χ4n) is 1.39. The van der Waals surface area contributed by atoms with Crippen molar-refractivity contribution < 1.29 is 4.39 Å². The van der Waals surface area contributed by atoms with Crippen LogP contribution in [0.5, 0.6) is 0 Å². The lowest BCUT2D eigenvalue weighted by Gasteiger charge is -2.21. The molecule has 1 aromatic rings. The van der Waals surface area contributed by atoms with Crippen LogP contribution in [-0.4, -0.2) is 12.3 Å². The molecule has 0 amide bonds. The molecule has 0 spiro atoms. The molecule has 0 bridgehead atoms. The van der Waals surface area contributed by atoms with Crippen LogP contribution < -0.4 is 10.6 Å². The third kappa shape index (κ3) is 1.02. The van der Waals surface area contributed by atoms with Gasteiger partial charge in [-0.1, -0.05) is 12.1 Å². The average Bonchev–Trinajstić information content (AvgIpc) is 2.42. The van der Waals surface area contributed by atoms with Crippen molar-refractivity contribution in [3.63, 3.8) is 0 Å². The first-order valence-electron chi connectivity index (χ1n) is 3.95. The van der Waals surface area contributed by atoms with E-state index in [1.165, 1.54) is 0 Å². The van der Waals surface area contributed by atoms with E-state index >= 15 is 0 Å². The Balaban J connectivity index is 2.33. The van der Waals surface area contributed by atoms with E-state index in [4.69, 9.17) is 0 Å². The summed E-state index contributed by atoms with van der Waals surface area (Å²) < 4.78 is 12.5. The van der Waals surface area contributed by atoms with E-state index < -0.39 is 12.3 Å². The van der Waals surface area contributed by atoms with Gasteiger partial charge in [-0.05, 0) is 19.1 Å². The average molecular weight is 166 g/mol. The Bertz CT molecular complexity index is 273. The lowest BCUT2D eigenvalue weighted by Crippen LogP contribution is -2.40. The number of benzene rings is 1. The van der Waals surface area contributed by atoms with Gasteiger partial charge in [-0.2, -0.15) is 0 Å². The monoisotopic (exact) mass is 166 g/mol. The Morgan fingerprint density at radius 3 is 2.17 bits per heavy atom. The van der Waals surface area contributed by atoms with E-state index in [1.54, 1.807) is 6.92 Å². The van der Waals surface area contributed by atoms with E-state index in [2.05, 4.69) is 10.6 Å². The molecule has 2 rings (SSSR count). The number of para-hydroxylation sites is 2. The standard InChI is InChI=1S/C9H11FN2/c1-9(6-10)11-7-4-2-3-5-8(7)12-9/h2-5,11-12H,6H2,1H3. The maximum absolute atomic E-state index is 12.5. The molecule has 0 aliphatic carbocycles. The minimum absolute atomic E-state index is 0.429. The van der Waals surface area contributed by atoms with Crippen molar-refractivity contribution in [2.45, 2.75) is 12.6 Å². The van der Waals surface area contributed by atoms with Crippen LogP contribution >= 0.6 is 0 Å². The van der Waals surface area contributed by atoms with Crippen LogP contribution in [0.25, 0.3) is 0 Å². The highest BCUT2D eigenvalue weighted by molar-refractivity contribution is 5.75. The molecular weight excluding hydrogens is 155 g/mol. The van der Waals surface area contributed by atoms with Gasteiger partial charge in [0, 0.05) is 0 Å². The first-order chi connectivity index (χ1) is 5.73. The Kier molecular flexibility index (Phi) is 1.46. The zero-order valence-electron chi connectivity index (χ0n) is 6.89. The molecule has 3 heteroatoms. The molecule has 0 fully saturated rings. The van der Waals surface area contributed by atoms with E-state index in [0.29, 0.717) is 0 Å². The van der Waals surface area contributed by atoms with Gasteiger partial charge in [0.05, 0.1) is 11.4 Å². The zero-order chi connectivity index (χ0) is 8.60. The summed E-state index contributed by atoms with van der Waals surface area (Å²) in [5.74, 6) is 0. The molecule has 0 unspecified atom stereocenters. The fraction of sp³-hybridized carbons (Fsp3) is 0.333. The summed E-state index contributed by atoms with van der Waals surface area (Å²) in [6.45, 7) is 1.37. The minimum Gasteiger partial charge on any atom is -0.359 e. The number of alkyl halides is 1. The summed E-state index contributed by atoms with van der Waals surface area (Å²) in [6, 6.07) is 7.72. The van der Waals surface area contributed by atoms with Crippen LogP contribution in [0.1, 0.15) is 6.92 Å². The van der Waals surface area contributed by atoms with Crippen molar-refractivity contribution in [1.29, 1.82) is 0 Å². The van der Waals surface area contributed by atoms with Gasteiger partial charge in [0.15, 0.2) is 0 Å². The van der Waals surface area contributed by atoms with E-state index in [9.17, 15) is 4.39 Å². The quantitative estimate of drug-likeness (QED) is 0.668. The molecule has 1 aliphatic heterocycles. The molecule has 1 aliphatic rings. The van der Waals surface area contributed by atoms with Crippen LogP contribution in [0.2, 0.25) is 0 Å². The largest absolute Gasteiger partial charge is 0.359 e. The number of rotatable bonds is 1. The highest BCUT2D eigenvalue weighted by Gasteiger charge is 2.30. The van der Waals surface area contributed by atoms with Crippen molar-refractivity contribution in [2.24, 2.45) is 0 Å². The Morgan fingerprint density at radius 2 is 1.75 bits per heavy atom. The highest BCUT2D eigenvalue weighted by atomic mass is 19.1. The molecule has 0 aromatic heterocycles. The van der Waals surface area contributed by atoms with Crippen molar-refractivity contribution in [3.05, 3.63) is 24.3 Å². The summed E-state index contributed by atoms with van der Waals surface area (Å²) in [6.07, 6.45) is 0. The maximum Gasteiger partial charge on any atom is 0.134 e. The van der Waals surface area contributed by atoms with Crippen LogP contribution in [0.3, 0.4) is 0 Å². The molecule has 0 atom stereocenters. The Hall–Kier alpha value is -1.25. The second-order valence-electron chi connectivity index (χ2n) is 3.26. The van der Waals surface area contributed by atoms with Crippen LogP contribution in [0.15, 0.2) is 24.3 Å². The molecule has 2 N–H and O–H groups in total. The molecule has 12 heavy (non-hydrogen) atoms. The molecule has 1 heterocycles. The van der Waals surface area contributed by atoms with E-state index in [1.807, 2.05) is 24.3 Å². The Morgan fingerprint density at radius 1 is 1.25 bits per heavy atom. The highest BCUT2D eigenvalue weighted by Crippen LogP contribution is 2.33. The summed E-state index contributed by atoms with van der Waals surface area (Å²) in [5.41, 5.74) is 1.32. The zero-order valence-corrected chi connectivity index (χ0v) is 6.89. The lowest BCUT2D eigenvalue weighted by molar-refractivity contribution is 0.390. The molecule has 0 saturated carbocycles. The molecule has 0 saturated heterocycles. The topological polar surface area (TPSA) is 24.1 Å². The van der Waals surface area contributed by atoms with Gasteiger partial charge >= 0.3 is 0 Å². The number of halogens is 1. The second-order valence-corrected chi connectivity index (χ2v) is 3.26. The van der Waals surface area contributed by atoms with Crippen LogP contribution in [-0.2, 0) is 0 Å².